The first-order valence-electron chi connectivity index (χ1n) is 8.48. The van der Waals surface area contributed by atoms with Crippen molar-refractivity contribution in [2.45, 2.75) is 58.8 Å². The third kappa shape index (κ3) is 3.69. The monoisotopic (exact) mass is 312 g/mol. The van der Waals surface area contributed by atoms with E-state index < -0.39 is 0 Å². The number of aryl methyl sites for hydroxylation is 2. The van der Waals surface area contributed by atoms with E-state index in [1.54, 1.807) is 0 Å². The Balaban J connectivity index is 2.49. The van der Waals surface area contributed by atoms with Gasteiger partial charge >= 0.3 is 0 Å². The SMILES string of the molecule is CCCCCC(C)(c1ccc(C)c(O)c1)c1ccc(C)c(O)c1. The summed E-state index contributed by atoms with van der Waals surface area (Å²) in [5.74, 6) is 0.668. The largest absolute Gasteiger partial charge is 0.508 e. The number of benzene rings is 2. The van der Waals surface area contributed by atoms with Crippen LogP contribution in [-0.2, 0) is 5.41 Å². The molecule has 2 N–H and O–H groups in total. The van der Waals surface area contributed by atoms with E-state index in [0.717, 1.165) is 35.1 Å². The van der Waals surface area contributed by atoms with Crippen LogP contribution in [0.4, 0.5) is 0 Å². The van der Waals surface area contributed by atoms with E-state index in [2.05, 4.69) is 26.0 Å². The van der Waals surface area contributed by atoms with Gasteiger partial charge < -0.3 is 10.2 Å². The van der Waals surface area contributed by atoms with Crippen LogP contribution < -0.4 is 0 Å². The molecule has 0 saturated carbocycles. The summed E-state index contributed by atoms with van der Waals surface area (Å²) >= 11 is 0. The maximum atomic E-state index is 10.1. The molecule has 2 rings (SSSR count). The van der Waals surface area contributed by atoms with E-state index in [9.17, 15) is 10.2 Å². The molecule has 0 bridgehead atoms. The van der Waals surface area contributed by atoms with Gasteiger partial charge in [-0.25, -0.2) is 0 Å². The Morgan fingerprint density at radius 1 is 0.826 bits per heavy atom. The highest BCUT2D eigenvalue weighted by Crippen LogP contribution is 2.40. The molecule has 124 valence electrons. The number of hydrogen-bond donors (Lipinski definition) is 2. The molecule has 2 aromatic carbocycles. The van der Waals surface area contributed by atoms with Crippen molar-refractivity contribution in [2.75, 3.05) is 0 Å². The average molecular weight is 312 g/mol. The molecule has 0 heterocycles. The zero-order chi connectivity index (χ0) is 17.0. The Hall–Kier alpha value is -1.96. The number of rotatable bonds is 6. The zero-order valence-electron chi connectivity index (χ0n) is 14.7. The standard InChI is InChI=1S/C21H28O2/c1-5-6-7-12-21(4,17-10-8-15(2)19(22)13-17)18-11-9-16(3)20(23)14-18/h8-11,13-14,22-23H,5-7,12H2,1-4H3. The van der Waals surface area contributed by atoms with Gasteiger partial charge in [-0.15, -0.1) is 0 Å². The van der Waals surface area contributed by atoms with E-state index in [-0.39, 0.29) is 5.41 Å². The molecule has 0 amide bonds. The lowest BCUT2D eigenvalue weighted by Gasteiger charge is -2.32. The summed E-state index contributed by atoms with van der Waals surface area (Å²) in [4.78, 5) is 0. The van der Waals surface area contributed by atoms with Gasteiger partial charge in [0, 0.05) is 5.41 Å². The fourth-order valence-corrected chi connectivity index (χ4v) is 3.09. The van der Waals surface area contributed by atoms with Gasteiger partial charge in [0.1, 0.15) is 11.5 Å². The van der Waals surface area contributed by atoms with Crippen LogP contribution in [0.25, 0.3) is 0 Å². The minimum atomic E-state index is -0.217. The summed E-state index contributed by atoms with van der Waals surface area (Å²) in [6, 6.07) is 11.9. The molecule has 0 aromatic heterocycles. The van der Waals surface area contributed by atoms with Gasteiger partial charge in [-0.2, -0.15) is 0 Å². The summed E-state index contributed by atoms with van der Waals surface area (Å²) in [7, 11) is 0. The molecule has 0 fully saturated rings. The first-order valence-corrected chi connectivity index (χ1v) is 8.48. The minimum Gasteiger partial charge on any atom is -0.508 e. The summed E-state index contributed by atoms with van der Waals surface area (Å²) in [5, 5.41) is 20.3. The lowest BCUT2D eigenvalue weighted by atomic mass is 9.72. The van der Waals surface area contributed by atoms with E-state index in [0.29, 0.717) is 11.5 Å². The van der Waals surface area contributed by atoms with Gasteiger partial charge in [-0.05, 0) is 54.7 Å². The van der Waals surface area contributed by atoms with Gasteiger partial charge in [0.15, 0.2) is 0 Å². The van der Waals surface area contributed by atoms with E-state index in [4.69, 9.17) is 0 Å². The van der Waals surface area contributed by atoms with Crippen molar-refractivity contribution in [3.05, 3.63) is 58.7 Å². The Morgan fingerprint density at radius 2 is 1.30 bits per heavy atom. The summed E-state index contributed by atoms with van der Waals surface area (Å²) in [6.07, 6.45) is 4.47. The Kier molecular flexibility index (Phi) is 5.35. The maximum absolute atomic E-state index is 10.1. The van der Waals surface area contributed by atoms with Crippen molar-refractivity contribution in [1.82, 2.24) is 0 Å². The minimum absolute atomic E-state index is 0.217. The van der Waals surface area contributed by atoms with Crippen LogP contribution >= 0.6 is 0 Å². The van der Waals surface area contributed by atoms with E-state index >= 15 is 0 Å². The quantitative estimate of drug-likeness (QED) is 0.681. The molecule has 23 heavy (non-hydrogen) atoms. The average Bonchev–Trinajstić information content (AvgIpc) is 2.52. The second kappa shape index (κ2) is 7.08. The Bertz CT molecular complexity index is 622. The number of phenolic OH excluding ortho intramolecular Hbond substituents is 2. The number of phenols is 2. The van der Waals surface area contributed by atoms with Gasteiger partial charge in [-0.3, -0.25) is 0 Å². The molecule has 0 aliphatic heterocycles. The second-order valence-corrected chi connectivity index (χ2v) is 6.79. The lowest BCUT2D eigenvalue weighted by Crippen LogP contribution is -2.23. The Labute approximate surface area is 139 Å². The van der Waals surface area contributed by atoms with E-state index in [1.807, 2.05) is 38.1 Å². The third-order valence-corrected chi connectivity index (χ3v) is 4.97. The summed E-state index contributed by atoms with van der Waals surface area (Å²) < 4.78 is 0. The molecule has 0 aliphatic carbocycles. The molecule has 0 saturated heterocycles. The first-order chi connectivity index (χ1) is 10.9. The molecule has 0 aliphatic rings. The van der Waals surface area contributed by atoms with Crippen molar-refractivity contribution in [3.63, 3.8) is 0 Å². The zero-order valence-corrected chi connectivity index (χ0v) is 14.7. The molecule has 0 atom stereocenters. The van der Waals surface area contributed by atoms with Gasteiger partial charge in [-0.1, -0.05) is 57.4 Å². The molecule has 0 radical (unpaired) electrons. The molecule has 0 unspecified atom stereocenters. The van der Waals surface area contributed by atoms with Crippen molar-refractivity contribution < 1.29 is 10.2 Å². The van der Waals surface area contributed by atoms with Crippen molar-refractivity contribution in [1.29, 1.82) is 0 Å². The number of aromatic hydroxyl groups is 2. The fourth-order valence-electron chi connectivity index (χ4n) is 3.09. The smallest absolute Gasteiger partial charge is 0.118 e. The predicted molar refractivity (Wildman–Crippen MR) is 96.3 cm³/mol. The van der Waals surface area contributed by atoms with Gasteiger partial charge in [0.2, 0.25) is 0 Å². The molecule has 2 aromatic rings. The molecule has 2 nitrogen and oxygen atoms in total. The highest BCUT2D eigenvalue weighted by Gasteiger charge is 2.29. The molecule has 0 spiro atoms. The Morgan fingerprint density at radius 3 is 1.70 bits per heavy atom. The molecular weight excluding hydrogens is 284 g/mol. The predicted octanol–water partition coefficient (Wildman–Crippen LogP) is 5.60. The van der Waals surface area contributed by atoms with E-state index in [1.165, 1.54) is 12.8 Å². The van der Waals surface area contributed by atoms with Crippen LogP contribution in [-0.4, -0.2) is 10.2 Å². The second-order valence-electron chi connectivity index (χ2n) is 6.79. The number of unbranched alkanes of at least 4 members (excludes halogenated alkanes) is 2. The molecule has 2 heteroatoms. The van der Waals surface area contributed by atoms with Crippen LogP contribution in [0.1, 0.15) is 61.8 Å². The summed E-state index contributed by atoms with van der Waals surface area (Å²) in [6.45, 7) is 8.22. The fraction of sp³-hybridized carbons (Fsp3) is 0.429. The van der Waals surface area contributed by atoms with Crippen LogP contribution in [0.2, 0.25) is 0 Å². The number of hydrogen-bond acceptors (Lipinski definition) is 2. The maximum Gasteiger partial charge on any atom is 0.118 e. The first kappa shape index (κ1) is 17.4. The van der Waals surface area contributed by atoms with Gasteiger partial charge in [0.25, 0.3) is 0 Å². The van der Waals surface area contributed by atoms with Gasteiger partial charge in [0.05, 0.1) is 0 Å². The van der Waals surface area contributed by atoms with Crippen molar-refractivity contribution in [2.24, 2.45) is 0 Å². The highest BCUT2D eigenvalue weighted by molar-refractivity contribution is 5.47. The molecular formula is C21H28O2. The van der Waals surface area contributed by atoms with Crippen molar-refractivity contribution >= 4 is 0 Å². The lowest BCUT2D eigenvalue weighted by molar-refractivity contribution is 0.450. The van der Waals surface area contributed by atoms with Crippen LogP contribution in [0.5, 0.6) is 11.5 Å². The summed E-state index contributed by atoms with van der Waals surface area (Å²) in [5.41, 5.74) is 3.75. The van der Waals surface area contributed by atoms with Crippen LogP contribution in [0.3, 0.4) is 0 Å². The van der Waals surface area contributed by atoms with Crippen LogP contribution in [0.15, 0.2) is 36.4 Å². The third-order valence-electron chi connectivity index (χ3n) is 4.97. The van der Waals surface area contributed by atoms with Crippen LogP contribution in [0, 0.1) is 13.8 Å². The topological polar surface area (TPSA) is 40.5 Å². The van der Waals surface area contributed by atoms with Crippen molar-refractivity contribution in [3.8, 4) is 11.5 Å². The highest BCUT2D eigenvalue weighted by atomic mass is 16.3. The normalized spacial score (nSPS) is 11.7.